The molecule has 2 aromatic carbocycles. The molecule has 0 atom stereocenters. The molecule has 1 aliphatic rings. The van der Waals surface area contributed by atoms with Gasteiger partial charge in [0.15, 0.2) is 0 Å². The average Bonchev–Trinajstić information content (AvgIpc) is 3.17. The molecule has 2 aromatic heterocycles. The molecule has 174 valence electrons. The lowest BCUT2D eigenvalue weighted by molar-refractivity contribution is 0.0942. The van der Waals surface area contributed by atoms with Crippen LogP contribution >= 0.6 is 0 Å². The first-order valence-corrected chi connectivity index (χ1v) is 12.6. The molecule has 1 N–H and O–H groups in total. The van der Waals surface area contributed by atoms with Gasteiger partial charge in [-0.05, 0) is 48.2 Å². The van der Waals surface area contributed by atoms with Gasteiger partial charge in [-0.25, -0.2) is 8.42 Å². The van der Waals surface area contributed by atoms with Crippen LogP contribution < -0.4 is 5.32 Å². The fraction of sp³-hybridized carbons (Fsp3) is 0.231. The highest BCUT2D eigenvalue weighted by Crippen LogP contribution is 2.28. The molecule has 8 heteroatoms. The van der Waals surface area contributed by atoms with Crippen LogP contribution in [0, 0.1) is 6.92 Å². The Balaban J connectivity index is 1.38. The summed E-state index contributed by atoms with van der Waals surface area (Å²) in [4.78, 5) is 17.6. The van der Waals surface area contributed by atoms with Gasteiger partial charge in [-0.3, -0.25) is 9.78 Å². The van der Waals surface area contributed by atoms with Crippen molar-refractivity contribution in [2.24, 2.45) is 7.05 Å². The Bertz CT molecular complexity index is 1500. The normalized spacial score (nSPS) is 14.2. The van der Waals surface area contributed by atoms with Crippen LogP contribution in [0.15, 0.2) is 71.8 Å². The number of benzene rings is 2. The van der Waals surface area contributed by atoms with Crippen molar-refractivity contribution in [3.05, 3.63) is 94.9 Å². The van der Waals surface area contributed by atoms with Gasteiger partial charge in [-0.15, -0.1) is 0 Å². The second kappa shape index (κ2) is 8.70. The van der Waals surface area contributed by atoms with Crippen LogP contribution in [0.25, 0.3) is 10.9 Å². The van der Waals surface area contributed by atoms with E-state index in [1.54, 1.807) is 24.7 Å². The predicted octanol–water partition coefficient (Wildman–Crippen LogP) is 3.56. The highest BCUT2D eigenvalue weighted by atomic mass is 32.2. The Morgan fingerprint density at radius 2 is 1.85 bits per heavy atom. The van der Waals surface area contributed by atoms with Gasteiger partial charge in [0.1, 0.15) is 10.6 Å². The Morgan fingerprint density at radius 3 is 2.68 bits per heavy atom. The smallest absolute Gasteiger partial charge is 0.268 e. The number of carbonyl (C=O) groups excluding carboxylic acids is 1. The molecule has 1 aliphatic heterocycles. The van der Waals surface area contributed by atoms with Crippen LogP contribution in [-0.4, -0.2) is 34.7 Å². The van der Waals surface area contributed by atoms with E-state index in [1.165, 1.54) is 15.9 Å². The summed E-state index contributed by atoms with van der Waals surface area (Å²) >= 11 is 0. The van der Waals surface area contributed by atoms with E-state index in [-0.39, 0.29) is 10.8 Å². The minimum Gasteiger partial charge on any atom is -0.347 e. The molecule has 0 fully saturated rings. The Kier molecular flexibility index (Phi) is 5.71. The number of amides is 1. The molecule has 0 radical (unpaired) electrons. The number of pyridine rings is 1. The largest absolute Gasteiger partial charge is 0.347 e. The minimum atomic E-state index is -3.74. The monoisotopic (exact) mass is 474 g/mol. The second-order valence-corrected chi connectivity index (χ2v) is 10.5. The molecule has 1 amide bonds. The SMILES string of the molecule is Cc1c(S(=O)(=O)N2CCc3ccccc3C2)cc(C(=O)NCc2cccc3ncccc23)n1C. The highest BCUT2D eigenvalue weighted by molar-refractivity contribution is 7.89. The Morgan fingerprint density at radius 1 is 1.06 bits per heavy atom. The first-order chi connectivity index (χ1) is 16.4. The lowest BCUT2D eigenvalue weighted by atomic mass is 10.0. The van der Waals surface area contributed by atoms with Gasteiger partial charge in [0.2, 0.25) is 10.0 Å². The Hall–Kier alpha value is -3.49. The van der Waals surface area contributed by atoms with E-state index in [2.05, 4.69) is 10.3 Å². The Labute approximate surface area is 199 Å². The van der Waals surface area contributed by atoms with Crippen molar-refractivity contribution in [2.75, 3.05) is 6.54 Å². The summed E-state index contributed by atoms with van der Waals surface area (Å²) in [7, 11) is -2.02. The molecule has 0 spiro atoms. The van der Waals surface area contributed by atoms with E-state index >= 15 is 0 Å². The van der Waals surface area contributed by atoms with Gasteiger partial charge in [-0.1, -0.05) is 42.5 Å². The van der Waals surface area contributed by atoms with Crippen molar-refractivity contribution < 1.29 is 13.2 Å². The number of nitrogens with one attached hydrogen (secondary N) is 1. The second-order valence-electron chi connectivity index (χ2n) is 8.57. The topological polar surface area (TPSA) is 84.3 Å². The average molecular weight is 475 g/mol. The lowest BCUT2D eigenvalue weighted by Gasteiger charge is -2.28. The van der Waals surface area contributed by atoms with Gasteiger partial charge in [-0.2, -0.15) is 4.31 Å². The number of hydrogen-bond donors (Lipinski definition) is 1. The van der Waals surface area contributed by atoms with Gasteiger partial charge >= 0.3 is 0 Å². The molecule has 0 unspecified atom stereocenters. The van der Waals surface area contributed by atoms with Crippen molar-refractivity contribution in [1.29, 1.82) is 0 Å². The molecule has 4 aromatic rings. The number of fused-ring (bicyclic) bond motifs is 2. The molecule has 0 aliphatic carbocycles. The van der Waals surface area contributed by atoms with Crippen molar-refractivity contribution in [3.8, 4) is 0 Å². The molecule has 34 heavy (non-hydrogen) atoms. The summed E-state index contributed by atoms with van der Waals surface area (Å²) in [6.45, 7) is 2.81. The summed E-state index contributed by atoms with van der Waals surface area (Å²) in [6.07, 6.45) is 2.41. The van der Waals surface area contributed by atoms with Crippen molar-refractivity contribution in [2.45, 2.75) is 31.3 Å². The van der Waals surface area contributed by atoms with Gasteiger partial charge in [0.05, 0.1) is 5.52 Å². The molecule has 0 saturated carbocycles. The molecule has 0 saturated heterocycles. The summed E-state index contributed by atoms with van der Waals surface area (Å²) in [5, 5.41) is 3.91. The van der Waals surface area contributed by atoms with Crippen LogP contribution in [0.4, 0.5) is 0 Å². The quantitative estimate of drug-likeness (QED) is 0.479. The summed E-state index contributed by atoms with van der Waals surface area (Å²) < 4.78 is 30.2. The molecule has 0 bridgehead atoms. The van der Waals surface area contributed by atoms with Crippen molar-refractivity contribution >= 4 is 26.8 Å². The van der Waals surface area contributed by atoms with E-state index in [9.17, 15) is 13.2 Å². The number of hydrogen-bond acceptors (Lipinski definition) is 4. The zero-order chi connectivity index (χ0) is 23.9. The van der Waals surface area contributed by atoms with Crippen LogP contribution in [0.3, 0.4) is 0 Å². The minimum absolute atomic E-state index is 0.175. The molecular weight excluding hydrogens is 448 g/mol. The van der Waals surface area contributed by atoms with E-state index in [1.807, 2.05) is 54.6 Å². The zero-order valence-corrected chi connectivity index (χ0v) is 20.0. The maximum Gasteiger partial charge on any atom is 0.268 e. The summed E-state index contributed by atoms with van der Waals surface area (Å²) in [5.41, 5.74) is 4.87. The maximum absolute atomic E-state index is 13.5. The van der Waals surface area contributed by atoms with Crippen LogP contribution in [0.1, 0.15) is 32.9 Å². The predicted molar refractivity (Wildman–Crippen MR) is 131 cm³/mol. The van der Waals surface area contributed by atoms with E-state index in [0.29, 0.717) is 37.4 Å². The van der Waals surface area contributed by atoms with Crippen LogP contribution in [-0.2, 0) is 36.6 Å². The summed E-state index contributed by atoms with van der Waals surface area (Å²) in [6, 6.07) is 19.0. The van der Waals surface area contributed by atoms with Gasteiger partial charge < -0.3 is 9.88 Å². The summed E-state index contributed by atoms with van der Waals surface area (Å²) in [5.74, 6) is -0.322. The van der Waals surface area contributed by atoms with Gasteiger partial charge in [0, 0.05) is 44.0 Å². The molecule has 3 heterocycles. The third-order valence-corrected chi connectivity index (χ3v) is 8.57. The first-order valence-electron chi connectivity index (χ1n) is 11.2. The van der Waals surface area contributed by atoms with Gasteiger partial charge in [0.25, 0.3) is 5.91 Å². The van der Waals surface area contributed by atoms with Crippen molar-refractivity contribution in [3.63, 3.8) is 0 Å². The third-order valence-electron chi connectivity index (χ3n) is 6.61. The number of carbonyl (C=O) groups is 1. The fourth-order valence-corrected chi connectivity index (χ4v) is 6.24. The number of sulfonamides is 1. The van der Waals surface area contributed by atoms with E-state index in [4.69, 9.17) is 0 Å². The van der Waals surface area contributed by atoms with Crippen LogP contribution in [0.2, 0.25) is 0 Å². The number of nitrogens with zero attached hydrogens (tertiary/aromatic N) is 3. The van der Waals surface area contributed by atoms with E-state index in [0.717, 1.165) is 22.0 Å². The first kappa shape index (κ1) is 22.3. The number of aromatic nitrogens is 2. The lowest BCUT2D eigenvalue weighted by Crippen LogP contribution is -2.36. The molecule has 5 rings (SSSR count). The van der Waals surface area contributed by atoms with Crippen molar-refractivity contribution in [1.82, 2.24) is 19.2 Å². The standard InChI is InChI=1S/C26H26N4O3S/c1-18-25(34(32,33)30-14-12-19-7-3-4-8-21(19)17-30)15-24(29(18)2)26(31)28-16-20-9-5-11-23-22(20)10-6-13-27-23/h3-11,13,15H,12,14,16-17H2,1-2H3,(H,28,31). The van der Waals surface area contributed by atoms with Crippen LogP contribution in [0.5, 0.6) is 0 Å². The molecular formula is C26H26N4O3S. The van der Waals surface area contributed by atoms with E-state index < -0.39 is 10.0 Å². The molecule has 7 nitrogen and oxygen atoms in total. The maximum atomic E-state index is 13.5. The third kappa shape index (κ3) is 3.89. The highest BCUT2D eigenvalue weighted by Gasteiger charge is 2.32. The number of rotatable bonds is 5. The zero-order valence-electron chi connectivity index (χ0n) is 19.2. The fourth-order valence-electron chi connectivity index (χ4n) is 4.55.